The van der Waals surface area contributed by atoms with Crippen LogP contribution in [-0.4, -0.2) is 9.13 Å². The molecule has 6 aromatic carbocycles. The van der Waals surface area contributed by atoms with Crippen molar-refractivity contribution in [3.63, 3.8) is 0 Å². The molecule has 0 bridgehead atoms. The van der Waals surface area contributed by atoms with Crippen LogP contribution >= 0.6 is 0 Å². The number of aromatic nitrogens is 2. The minimum atomic E-state index is -5.02. The smallest absolute Gasteiger partial charge is 0.309 e. The average molecular weight is 850 g/mol. The van der Waals surface area contributed by atoms with Crippen molar-refractivity contribution in [1.29, 1.82) is 5.26 Å². The summed E-state index contributed by atoms with van der Waals surface area (Å²) in [5.74, 6) is 0. The second-order valence-corrected chi connectivity index (χ2v) is 13.7. The number of nitriles is 1. The summed E-state index contributed by atoms with van der Waals surface area (Å²) in [7, 11) is 0. The number of rotatable bonds is 3. The van der Waals surface area contributed by atoms with E-state index in [1.54, 1.807) is 6.07 Å². The van der Waals surface area contributed by atoms with Crippen molar-refractivity contribution in [3.8, 4) is 28.6 Å². The van der Waals surface area contributed by atoms with Gasteiger partial charge in [-0.1, -0.05) is 36.4 Å². The van der Waals surface area contributed by atoms with Crippen LogP contribution in [0.15, 0.2) is 109 Å². The Morgan fingerprint density at radius 3 is 1.03 bits per heavy atom. The van der Waals surface area contributed by atoms with Gasteiger partial charge >= 0.3 is 30.9 Å². The Hall–Kier alpha value is -6.64. The second kappa shape index (κ2) is 13.2. The van der Waals surface area contributed by atoms with E-state index >= 15 is 0 Å². The van der Waals surface area contributed by atoms with Gasteiger partial charge < -0.3 is 9.13 Å². The lowest BCUT2D eigenvalue weighted by Gasteiger charge is -2.20. The van der Waals surface area contributed by atoms with Crippen molar-refractivity contribution in [2.24, 2.45) is 0 Å². The van der Waals surface area contributed by atoms with Gasteiger partial charge in [0.25, 0.3) is 0 Å². The van der Waals surface area contributed by atoms with Crippen LogP contribution in [-0.2, 0) is 30.9 Å². The summed E-state index contributed by atoms with van der Waals surface area (Å²) in [6.45, 7) is 0. The van der Waals surface area contributed by atoms with Crippen molar-refractivity contribution in [2.45, 2.75) is 30.9 Å². The lowest BCUT2D eigenvalue weighted by molar-refractivity contribution is -0.138. The quantitative estimate of drug-likeness (QED) is 0.163. The predicted octanol–water partition coefficient (Wildman–Crippen LogP) is 14.5. The van der Waals surface area contributed by atoms with Gasteiger partial charge in [-0.25, -0.2) is 0 Å². The van der Waals surface area contributed by atoms with Gasteiger partial charge in [-0.3, -0.25) is 0 Å². The highest BCUT2D eigenvalue weighted by Crippen LogP contribution is 2.45. The Morgan fingerprint density at radius 2 is 0.700 bits per heavy atom. The third-order valence-corrected chi connectivity index (χ3v) is 10.1. The summed E-state index contributed by atoms with van der Waals surface area (Å²) < 4.78 is 214. The fourth-order valence-electron chi connectivity index (χ4n) is 7.39. The zero-order chi connectivity index (χ0) is 43.5. The van der Waals surface area contributed by atoms with Crippen LogP contribution < -0.4 is 0 Å². The van der Waals surface area contributed by atoms with Gasteiger partial charge in [0, 0.05) is 27.1 Å². The first-order valence-corrected chi connectivity index (χ1v) is 17.1. The number of hydrogen-bond donors (Lipinski definition) is 0. The van der Waals surface area contributed by atoms with E-state index in [0.717, 1.165) is 57.7 Å². The van der Waals surface area contributed by atoms with Crippen LogP contribution in [0.3, 0.4) is 0 Å². The first-order chi connectivity index (χ1) is 27.9. The number of halogens is 15. The zero-order valence-electron chi connectivity index (χ0n) is 29.4. The van der Waals surface area contributed by atoms with E-state index in [2.05, 4.69) is 0 Å². The van der Waals surface area contributed by atoms with Crippen molar-refractivity contribution in [1.82, 2.24) is 9.13 Å². The molecule has 0 aliphatic heterocycles. The Labute approximate surface area is 325 Å². The van der Waals surface area contributed by atoms with Crippen molar-refractivity contribution < 1.29 is 65.9 Å². The Morgan fingerprint density at radius 1 is 0.367 bits per heavy atom. The normalized spacial score (nSPS) is 13.2. The minimum Gasteiger partial charge on any atom is -0.309 e. The molecule has 306 valence electrons. The average Bonchev–Trinajstić information content (AvgIpc) is 3.67. The Kier molecular flexibility index (Phi) is 8.82. The molecule has 18 heteroatoms. The molecule has 0 saturated heterocycles. The highest BCUT2D eigenvalue weighted by molar-refractivity contribution is 6.11. The number of benzene rings is 6. The standard InChI is InChI=1S/C42H18F15N3/c43-38(44,45)22-3-1-2-20(12-22)31-18-32(59-34-14-23(39(46,47)48)4-8-27(34)28-9-5-24(15-35(28)59)40(49,50)51)21(19-58)13-33(31)60-36-16-25(41(52,53)54)6-10-29(36)30-11-7-26(17-37(30)60)42(55,56)57/h1-18H. The van der Waals surface area contributed by atoms with E-state index < -0.39 is 109 Å². The highest BCUT2D eigenvalue weighted by atomic mass is 19.4. The van der Waals surface area contributed by atoms with Gasteiger partial charge in [-0.15, -0.1) is 0 Å². The number of hydrogen-bond acceptors (Lipinski definition) is 1. The van der Waals surface area contributed by atoms with Gasteiger partial charge in [0.15, 0.2) is 0 Å². The van der Waals surface area contributed by atoms with Crippen molar-refractivity contribution in [2.75, 3.05) is 0 Å². The van der Waals surface area contributed by atoms with Gasteiger partial charge in [0.1, 0.15) is 6.07 Å². The van der Waals surface area contributed by atoms with Crippen LogP contribution in [0.1, 0.15) is 33.4 Å². The first-order valence-electron chi connectivity index (χ1n) is 17.1. The first kappa shape index (κ1) is 40.2. The maximum atomic E-state index is 14.2. The van der Waals surface area contributed by atoms with E-state index in [-0.39, 0.29) is 21.5 Å². The third kappa shape index (κ3) is 6.71. The molecule has 0 atom stereocenters. The summed E-state index contributed by atoms with van der Waals surface area (Å²) >= 11 is 0. The van der Waals surface area contributed by atoms with E-state index in [9.17, 15) is 71.1 Å². The molecule has 8 aromatic rings. The predicted molar refractivity (Wildman–Crippen MR) is 190 cm³/mol. The lowest BCUT2D eigenvalue weighted by Crippen LogP contribution is -2.08. The molecule has 2 aromatic heterocycles. The molecule has 0 radical (unpaired) electrons. The SMILES string of the molecule is N#Cc1cc(-n2c3cc(C(F)(F)F)ccc3c3ccc(C(F)(F)F)cc32)c(-c2cccc(C(F)(F)F)c2)cc1-n1c2cc(C(F)(F)F)ccc2c2ccc(C(F)(F)F)cc21. The molecule has 0 unspecified atom stereocenters. The molecule has 60 heavy (non-hydrogen) atoms. The fourth-order valence-corrected chi connectivity index (χ4v) is 7.39. The van der Waals surface area contributed by atoms with E-state index in [4.69, 9.17) is 0 Å². The molecule has 0 amide bonds. The summed E-state index contributed by atoms with van der Waals surface area (Å²) in [5, 5.41) is 10.4. The van der Waals surface area contributed by atoms with Crippen molar-refractivity contribution in [3.05, 3.63) is 143 Å². The summed E-state index contributed by atoms with van der Waals surface area (Å²) in [6.07, 6.45) is -25.0. The molecule has 0 saturated carbocycles. The summed E-state index contributed by atoms with van der Waals surface area (Å²) in [5.41, 5.74) is -10.4. The Bertz CT molecular complexity index is 2950. The van der Waals surface area contributed by atoms with E-state index in [1.807, 2.05) is 0 Å². The molecular weight excluding hydrogens is 831 g/mol. The number of alkyl halides is 15. The molecule has 3 nitrogen and oxygen atoms in total. The maximum absolute atomic E-state index is 14.2. The van der Waals surface area contributed by atoms with Crippen LogP contribution in [0.25, 0.3) is 66.1 Å². The van der Waals surface area contributed by atoms with Gasteiger partial charge in [0.05, 0.1) is 66.8 Å². The molecular formula is C42H18F15N3. The van der Waals surface area contributed by atoms with Crippen molar-refractivity contribution >= 4 is 43.6 Å². The lowest BCUT2D eigenvalue weighted by atomic mass is 9.97. The molecule has 0 spiro atoms. The number of fused-ring (bicyclic) bond motifs is 6. The molecule has 2 heterocycles. The van der Waals surface area contributed by atoms with Gasteiger partial charge in [0.2, 0.25) is 0 Å². The van der Waals surface area contributed by atoms with Gasteiger partial charge in [-0.2, -0.15) is 71.1 Å². The highest BCUT2D eigenvalue weighted by Gasteiger charge is 2.36. The largest absolute Gasteiger partial charge is 0.416 e. The fraction of sp³-hybridized carbons (Fsp3) is 0.119. The number of nitrogens with zero attached hydrogens (tertiary/aromatic N) is 3. The third-order valence-electron chi connectivity index (χ3n) is 10.1. The minimum absolute atomic E-state index is 0.0398. The van der Waals surface area contributed by atoms with Crippen LogP contribution in [0, 0.1) is 11.3 Å². The molecule has 0 fully saturated rings. The summed E-state index contributed by atoms with van der Waals surface area (Å²) in [4.78, 5) is 0. The molecule has 0 N–H and O–H groups in total. The molecule has 8 rings (SSSR count). The Balaban J connectivity index is 1.58. The monoisotopic (exact) mass is 849 g/mol. The summed E-state index contributed by atoms with van der Waals surface area (Å²) in [6, 6.07) is 15.8. The molecule has 0 aliphatic rings. The van der Waals surface area contributed by atoms with E-state index in [0.29, 0.717) is 60.7 Å². The van der Waals surface area contributed by atoms with Crippen LogP contribution in [0.5, 0.6) is 0 Å². The molecule has 0 aliphatic carbocycles. The second-order valence-electron chi connectivity index (χ2n) is 13.7. The zero-order valence-corrected chi connectivity index (χ0v) is 29.4. The van der Waals surface area contributed by atoms with Crippen LogP contribution in [0.2, 0.25) is 0 Å². The maximum Gasteiger partial charge on any atom is 0.416 e. The van der Waals surface area contributed by atoms with Crippen LogP contribution in [0.4, 0.5) is 65.9 Å². The van der Waals surface area contributed by atoms with E-state index in [1.165, 1.54) is 0 Å². The topological polar surface area (TPSA) is 33.6 Å². The van der Waals surface area contributed by atoms with Gasteiger partial charge in [-0.05, 0) is 78.4 Å².